The highest BCUT2D eigenvalue weighted by molar-refractivity contribution is 5.94. The maximum atomic E-state index is 12.4. The van der Waals surface area contributed by atoms with Gasteiger partial charge in [0.25, 0.3) is 0 Å². The molecule has 4 rings (SSSR count). The number of nitrogens with one attached hydrogen (secondary N) is 3. The summed E-state index contributed by atoms with van der Waals surface area (Å²) in [6, 6.07) is 33.9. The monoisotopic (exact) mass is 465 g/mol. The molecule has 176 valence electrons. The molecule has 0 fully saturated rings. The van der Waals surface area contributed by atoms with Gasteiger partial charge in [0.1, 0.15) is 11.5 Å². The largest absolute Gasteiger partial charge is 0.457 e. The zero-order chi connectivity index (χ0) is 24.3. The van der Waals surface area contributed by atoms with Crippen LogP contribution >= 0.6 is 0 Å². The average Bonchev–Trinajstić information content (AvgIpc) is 2.89. The lowest BCUT2D eigenvalue weighted by Crippen LogP contribution is -2.21. The molecule has 0 aliphatic carbocycles. The van der Waals surface area contributed by atoms with Crippen LogP contribution in [0.4, 0.5) is 17.1 Å². The second-order valence-corrected chi connectivity index (χ2v) is 7.96. The minimum atomic E-state index is -0.181. The number of hydrogen-bond acceptors (Lipinski definition) is 4. The van der Waals surface area contributed by atoms with Crippen molar-refractivity contribution < 1.29 is 14.3 Å². The van der Waals surface area contributed by atoms with Gasteiger partial charge < -0.3 is 20.7 Å². The quantitative estimate of drug-likeness (QED) is 0.264. The maximum absolute atomic E-state index is 12.4. The van der Waals surface area contributed by atoms with E-state index in [1.807, 2.05) is 84.9 Å². The highest BCUT2D eigenvalue weighted by atomic mass is 16.5. The number of hydrogen-bond donors (Lipinski definition) is 3. The molecule has 0 saturated heterocycles. The predicted molar refractivity (Wildman–Crippen MR) is 140 cm³/mol. The Morgan fingerprint density at radius 1 is 0.600 bits per heavy atom. The Kier molecular flexibility index (Phi) is 8.11. The summed E-state index contributed by atoms with van der Waals surface area (Å²) in [7, 11) is 0. The van der Waals surface area contributed by atoms with Crippen LogP contribution in [0, 0.1) is 0 Å². The summed E-state index contributed by atoms with van der Waals surface area (Å²) in [5.74, 6) is 1.21. The van der Waals surface area contributed by atoms with Crippen molar-refractivity contribution in [1.82, 2.24) is 0 Å². The van der Waals surface area contributed by atoms with Crippen molar-refractivity contribution in [2.24, 2.45) is 0 Å². The fourth-order valence-corrected chi connectivity index (χ4v) is 3.45. The maximum Gasteiger partial charge on any atom is 0.243 e. The van der Waals surface area contributed by atoms with Gasteiger partial charge in [-0.1, -0.05) is 54.6 Å². The molecule has 4 aromatic carbocycles. The first-order valence-corrected chi connectivity index (χ1v) is 11.4. The summed E-state index contributed by atoms with van der Waals surface area (Å²) in [5.41, 5.74) is 3.23. The van der Waals surface area contributed by atoms with Gasteiger partial charge in [-0.25, -0.2) is 0 Å². The topological polar surface area (TPSA) is 79.5 Å². The Morgan fingerprint density at radius 2 is 1.23 bits per heavy atom. The van der Waals surface area contributed by atoms with E-state index in [2.05, 4.69) is 16.0 Å². The summed E-state index contributed by atoms with van der Waals surface area (Å²) in [4.78, 5) is 24.7. The number of carbonyl (C=O) groups excluding carboxylic acids is 2. The van der Waals surface area contributed by atoms with E-state index in [9.17, 15) is 9.59 Å². The summed E-state index contributed by atoms with van der Waals surface area (Å²) < 4.78 is 5.76. The molecule has 0 unspecified atom stereocenters. The molecule has 0 aliphatic rings. The fourth-order valence-electron chi connectivity index (χ4n) is 3.45. The number of rotatable bonds is 10. The second-order valence-electron chi connectivity index (χ2n) is 7.96. The zero-order valence-corrected chi connectivity index (χ0v) is 19.2. The van der Waals surface area contributed by atoms with E-state index in [0.717, 1.165) is 17.0 Å². The van der Waals surface area contributed by atoms with Crippen LogP contribution in [0.15, 0.2) is 109 Å². The van der Waals surface area contributed by atoms with E-state index >= 15 is 0 Å². The third kappa shape index (κ3) is 7.75. The van der Waals surface area contributed by atoms with Gasteiger partial charge >= 0.3 is 0 Å². The van der Waals surface area contributed by atoms with Gasteiger partial charge in [0.15, 0.2) is 0 Å². The molecule has 0 atom stereocenters. The van der Waals surface area contributed by atoms with Crippen molar-refractivity contribution in [1.29, 1.82) is 0 Å². The first-order valence-electron chi connectivity index (χ1n) is 11.4. The molecule has 0 radical (unpaired) electrons. The minimum absolute atomic E-state index is 0.0524. The lowest BCUT2D eigenvalue weighted by molar-refractivity contribution is -0.116. The van der Waals surface area contributed by atoms with Gasteiger partial charge in [-0.15, -0.1) is 0 Å². The van der Waals surface area contributed by atoms with Crippen LogP contribution in [0.5, 0.6) is 11.5 Å². The molecule has 6 heteroatoms. The highest BCUT2D eigenvalue weighted by Crippen LogP contribution is 2.22. The smallest absolute Gasteiger partial charge is 0.243 e. The van der Waals surface area contributed by atoms with Gasteiger partial charge in [-0.3, -0.25) is 9.59 Å². The Bertz CT molecular complexity index is 1240. The Labute approximate surface area is 205 Å². The fraction of sp³-hybridized carbons (Fsp3) is 0.103. The lowest BCUT2D eigenvalue weighted by atomic mass is 10.1. The molecular weight excluding hydrogens is 438 g/mol. The van der Waals surface area contributed by atoms with Crippen LogP contribution < -0.4 is 20.7 Å². The van der Waals surface area contributed by atoms with Gasteiger partial charge in [0.2, 0.25) is 11.8 Å². The number of carbonyl (C=O) groups is 2. The van der Waals surface area contributed by atoms with Gasteiger partial charge in [-0.05, 0) is 66.6 Å². The number of amides is 2. The second kappa shape index (κ2) is 12.0. The van der Waals surface area contributed by atoms with Gasteiger partial charge in [0, 0.05) is 23.5 Å². The van der Waals surface area contributed by atoms with Crippen LogP contribution in [0.25, 0.3) is 0 Å². The lowest BCUT2D eigenvalue weighted by Gasteiger charge is -2.11. The van der Waals surface area contributed by atoms with E-state index < -0.39 is 0 Å². The van der Waals surface area contributed by atoms with Crippen molar-refractivity contribution >= 4 is 28.9 Å². The summed E-state index contributed by atoms with van der Waals surface area (Å²) in [6.07, 6.45) is 1.09. The van der Waals surface area contributed by atoms with Crippen molar-refractivity contribution in [3.8, 4) is 11.5 Å². The molecule has 35 heavy (non-hydrogen) atoms. The number of aryl methyl sites for hydroxylation is 1. The van der Waals surface area contributed by atoms with Crippen LogP contribution in [-0.2, 0) is 16.0 Å². The number of benzene rings is 4. The molecule has 4 aromatic rings. The van der Waals surface area contributed by atoms with Crippen molar-refractivity contribution in [3.63, 3.8) is 0 Å². The van der Waals surface area contributed by atoms with Crippen LogP contribution in [-0.4, -0.2) is 18.4 Å². The van der Waals surface area contributed by atoms with Crippen LogP contribution in [0.3, 0.4) is 0 Å². The number of para-hydroxylation sites is 1. The number of anilines is 3. The summed E-state index contributed by atoms with van der Waals surface area (Å²) >= 11 is 0. The first kappa shape index (κ1) is 23.6. The van der Waals surface area contributed by atoms with Crippen molar-refractivity contribution in [3.05, 3.63) is 115 Å². The van der Waals surface area contributed by atoms with Gasteiger partial charge in [-0.2, -0.15) is 0 Å². The van der Waals surface area contributed by atoms with Crippen LogP contribution in [0.2, 0.25) is 0 Å². The van der Waals surface area contributed by atoms with Gasteiger partial charge in [0.05, 0.1) is 6.54 Å². The third-order valence-corrected chi connectivity index (χ3v) is 5.20. The normalized spacial score (nSPS) is 10.3. The van der Waals surface area contributed by atoms with E-state index in [1.165, 1.54) is 0 Å². The average molecular weight is 466 g/mol. The molecule has 0 saturated carbocycles. The Hall–Kier alpha value is -4.58. The molecule has 0 heterocycles. The molecule has 0 spiro atoms. The van der Waals surface area contributed by atoms with E-state index in [-0.39, 0.29) is 18.4 Å². The molecule has 3 N–H and O–H groups in total. The van der Waals surface area contributed by atoms with Crippen molar-refractivity contribution in [2.45, 2.75) is 12.8 Å². The Morgan fingerprint density at radius 3 is 1.97 bits per heavy atom. The van der Waals surface area contributed by atoms with Crippen molar-refractivity contribution in [2.75, 3.05) is 22.5 Å². The van der Waals surface area contributed by atoms with E-state index in [4.69, 9.17) is 4.74 Å². The molecule has 0 bridgehead atoms. The third-order valence-electron chi connectivity index (χ3n) is 5.20. The number of ether oxygens (including phenoxy) is 1. The SMILES string of the molecule is O=C(CCc1ccccc1)Nc1cccc(NCC(=O)Nc2ccc(Oc3ccccc3)cc2)c1. The molecule has 6 nitrogen and oxygen atoms in total. The Balaban J connectivity index is 1.22. The molecule has 0 aliphatic heterocycles. The molecule has 2 amide bonds. The molecular formula is C29H27N3O3. The summed E-state index contributed by atoms with van der Waals surface area (Å²) in [5, 5.41) is 8.86. The predicted octanol–water partition coefficient (Wildman–Crippen LogP) is 6.10. The van der Waals surface area contributed by atoms with Crippen LogP contribution in [0.1, 0.15) is 12.0 Å². The first-order chi connectivity index (χ1) is 17.1. The zero-order valence-electron chi connectivity index (χ0n) is 19.2. The molecule has 0 aromatic heterocycles. The highest BCUT2D eigenvalue weighted by Gasteiger charge is 2.06. The van der Waals surface area contributed by atoms with E-state index in [0.29, 0.717) is 30.0 Å². The minimum Gasteiger partial charge on any atom is -0.457 e. The van der Waals surface area contributed by atoms with E-state index in [1.54, 1.807) is 24.3 Å². The standard InChI is InChI=1S/C29H27N3O3/c33-28(19-14-22-8-3-1-4-9-22)32-25-11-7-10-24(20-25)30-21-29(34)31-23-15-17-27(18-16-23)35-26-12-5-2-6-13-26/h1-13,15-18,20,30H,14,19,21H2,(H,31,34)(H,32,33). The summed E-state index contributed by atoms with van der Waals surface area (Å²) in [6.45, 7) is 0.0909.